The van der Waals surface area contributed by atoms with E-state index in [1.807, 2.05) is 30.3 Å². The third-order valence-electron chi connectivity index (χ3n) is 4.72. The van der Waals surface area contributed by atoms with Gasteiger partial charge in [-0.1, -0.05) is 42.4 Å². The summed E-state index contributed by atoms with van der Waals surface area (Å²) in [6, 6.07) is 9.96. The fourth-order valence-corrected chi connectivity index (χ4v) is 3.25. The minimum absolute atomic E-state index is 0.0319. The van der Waals surface area contributed by atoms with Gasteiger partial charge in [0.25, 0.3) is 0 Å². The molecule has 0 spiro atoms. The number of carbonyl (C=O) groups excluding carboxylic acids is 2. The molecule has 2 amide bonds. The molecule has 144 valence electrons. The van der Waals surface area contributed by atoms with Crippen molar-refractivity contribution in [3.05, 3.63) is 47.6 Å². The lowest BCUT2D eigenvalue weighted by Gasteiger charge is -2.22. The minimum Gasteiger partial charge on any atom is -0.352 e. The molecule has 1 fully saturated rings. The summed E-state index contributed by atoms with van der Waals surface area (Å²) in [5.74, 6) is -0.541. The summed E-state index contributed by atoms with van der Waals surface area (Å²) in [6.07, 6.45) is 2.19. The summed E-state index contributed by atoms with van der Waals surface area (Å²) in [7, 11) is 0. The molecule has 3 rings (SSSR count). The van der Waals surface area contributed by atoms with Gasteiger partial charge in [-0.25, -0.2) is 0 Å². The Morgan fingerprint density at radius 3 is 2.85 bits per heavy atom. The molecule has 1 atom stereocenters. The first-order chi connectivity index (χ1) is 13.2. The first-order valence-corrected chi connectivity index (χ1v) is 9.31. The molecule has 0 aliphatic carbocycles. The third-order valence-corrected chi connectivity index (χ3v) is 4.72. The van der Waals surface area contributed by atoms with E-state index in [1.165, 1.54) is 0 Å². The van der Waals surface area contributed by atoms with Gasteiger partial charge in [0.1, 0.15) is 0 Å². The van der Waals surface area contributed by atoms with Crippen molar-refractivity contribution in [3.8, 4) is 0 Å². The zero-order valence-electron chi connectivity index (χ0n) is 15.5. The normalized spacial score (nSPS) is 17.0. The lowest BCUT2D eigenvalue weighted by atomic mass is 10.2. The number of amides is 2. The summed E-state index contributed by atoms with van der Waals surface area (Å²) < 4.78 is 4.99. The van der Waals surface area contributed by atoms with E-state index in [-0.39, 0.29) is 24.0 Å². The van der Waals surface area contributed by atoms with Crippen molar-refractivity contribution in [1.82, 2.24) is 25.7 Å². The zero-order valence-corrected chi connectivity index (χ0v) is 15.5. The predicted molar refractivity (Wildman–Crippen MR) is 98.9 cm³/mol. The van der Waals surface area contributed by atoms with Crippen molar-refractivity contribution >= 4 is 11.8 Å². The van der Waals surface area contributed by atoms with Gasteiger partial charge in [0.05, 0.1) is 6.42 Å². The molecule has 1 aromatic heterocycles. The molecule has 8 nitrogen and oxygen atoms in total. The van der Waals surface area contributed by atoms with Crippen molar-refractivity contribution in [2.45, 2.75) is 38.8 Å². The van der Waals surface area contributed by atoms with Crippen molar-refractivity contribution in [1.29, 1.82) is 0 Å². The Balaban J connectivity index is 1.44. The van der Waals surface area contributed by atoms with Crippen LogP contribution in [0.4, 0.5) is 0 Å². The predicted octanol–water partition coefficient (Wildman–Crippen LogP) is 1.14. The maximum absolute atomic E-state index is 12.2. The van der Waals surface area contributed by atoms with E-state index in [0.29, 0.717) is 19.1 Å². The smallest absolute Gasteiger partial charge is 0.315 e. The van der Waals surface area contributed by atoms with E-state index in [0.717, 1.165) is 31.5 Å². The van der Waals surface area contributed by atoms with Crippen molar-refractivity contribution in [3.63, 3.8) is 0 Å². The molecule has 27 heavy (non-hydrogen) atoms. The fraction of sp³-hybridized carbons (Fsp3) is 0.474. The van der Waals surface area contributed by atoms with Gasteiger partial charge in [-0.3, -0.25) is 14.5 Å². The number of likely N-dealkylation sites (N-methyl/N-ethyl adjacent to an activating group) is 1. The number of nitrogens with zero attached hydrogens (tertiary/aromatic N) is 3. The van der Waals surface area contributed by atoms with Crippen LogP contribution >= 0.6 is 0 Å². The van der Waals surface area contributed by atoms with E-state index < -0.39 is 5.91 Å². The Hall–Kier alpha value is -2.74. The first-order valence-electron chi connectivity index (χ1n) is 9.31. The Labute approximate surface area is 158 Å². The van der Waals surface area contributed by atoms with Crippen molar-refractivity contribution in [2.75, 3.05) is 19.6 Å². The molecule has 2 heterocycles. The standard InChI is InChI=1S/C19H25N5O3/c1-2-24-10-6-9-15(24)13-21-18(26)19-22-16(23-27-19)11-17(25)20-12-14-7-4-3-5-8-14/h3-5,7-8,15H,2,6,9-13H2,1H3,(H,20,25)(H,21,26)/t15-/m0/s1. The molecule has 1 aliphatic heterocycles. The van der Waals surface area contributed by atoms with Crippen LogP contribution in [-0.2, 0) is 17.8 Å². The molecule has 0 unspecified atom stereocenters. The molecule has 2 N–H and O–H groups in total. The molecule has 0 bridgehead atoms. The minimum atomic E-state index is -0.401. The fourth-order valence-electron chi connectivity index (χ4n) is 3.25. The van der Waals surface area contributed by atoms with E-state index in [9.17, 15) is 9.59 Å². The van der Waals surface area contributed by atoms with Crippen LogP contribution in [0.2, 0.25) is 0 Å². The number of hydrogen-bond donors (Lipinski definition) is 2. The quantitative estimate of drug-likeness (QED) is 0.722. The molecule has 0 radical (unpaired) electrons. The van der Waals surface area contributed by atoms with Gasteiger partial charge < -0.3 is 15.2 Å². The molecule has 8 heteroatoms. The van der Waals surface area contributed by atoms with Crippen LogP contribution < -0.4 is 10.6 Å². The van der Waals surface area contributed by atoms with Gasteiger partial charge in [-0.05, 0) is 31.5 Å². The van der Waals surface area contributed by atoms with Crippen LogP contribution in [0.1, 0.15) is 41.8 Å². The number of benzene rings is 1. The largest absolute Gasteiger partial charge is 0.352 e. The van der Waals surface area contributed by atoms with Crippen LogP contribution in [0.5, 0.6) is 0 Å². The maximum Gasteiger partial charge on any atom is 0.315 e. The second-order valence-corrected chi connectivity index (χ2v) is 6.59. The topological polar surface area (TPSA) is 100 Å². The Morgan fingerprint density at radius 1 is 1.26 bits per heavy atom. The molecule has 1 saturated heterocycles. The van der Waals surface area contributed by atoms with Crippen LogP contribution in [0, 0.1) is 0 Å². The zero-order chi connectivity index (χ0) is 19.1. The van der Waals surface area contributed by atoms with E-state index >= 15 is 0 Å². The van der Waals surface area contributed by atoms with E-state index in [1.54, 1.807) is 0 Å². The van der Waals surface area contributed by atoms with Gasteiger partial charge in [0.2, 0.25) is 5.91 Å². The number of carbonyl (C=O) groups is 2. The van der Waals surface area contributed by atoms with Gasteiger partial charge >= 0.3 is 11.8 Å². The van der Waals surface area contributed by atoms with Gasteiger partial charge in [-0.15, -0.1) is 0 Å². The van der Waals surface area contributed by atoms with E-state index in [2.05, 4.69) is 32.6 Å². The molecule has 1 aliphatic rings. The van der Waals surface area contributed by atoms with E-state index in [4.69, 9.17) is 4.52 Å². The maximum atomic E-state index is 12.2. The Morgan fingerprint density at radius 2 is 2.07 bits per heavy atom. The van der Waals surface area contributed by atoms with Gasteiger partial charge in [-0.2, -0.15) is 4.98 Å². The summed E-state index contributed by atoms with van der Waals surface area (Å²) in [5, 5.41) is 9.36. The highest BCUT2D eigenvalue weighted by molar-refractivity contribution is 5.89. The number of aromatic nitrogens is 2. The molecule has 0 saturated carbocycles. The Kier molecular flexibility index (Phi) is 6.54. The molecular weight excluding hydrogens is 346 g/mol. The van der Waals surface area contributed by atoms with Gasteiger partial charge in [0.15, 0.2) is 5.82 Å². The molecular formula is C19H25N5O3. The van der Waals surface area contributed by atoms with Crippen LogP contribution in [-0.4, -0.2) is 52.5 Å². The summed E-state index contributed by atoms with van der Waals surface area (Å²) in [6.45, 7) is 5.15. The molecule has 1 aromatic carbocycles. The Bertz CT molecular complexity index is 762. The number of rotatable bonds is 8. The second-order valence-electron chi connectivity index (χ2n) is 6.59. The average molecular weight is 371 g/mol. The highest BCUT2D eigenvalue weighted by Gasteiger charge is 2.24. The van der Waals surface area contributed by atoms with Crippen LogP contribution in [0.15, 0.2) is 34.9 Å². The highest BCUT2D eigenvalue weighted by atomic mass is 16.5. The van der Waals surface area contributed by atoms with Crippen LogP contribution in [0.25, 0.3) is 0 Å². The van der Waals surface area contributed by atoms with Crippen LogP contribution in [0.3, 0.4) is 0 Å². The number of hydrogen-bond acceptors (Lipinski definition) is 6. The van der Waals surface area contributed by atoms with Gasteiger partial charge in [0, 0.05) is 19.1 Å². The van der Waals surface area contributed by atoms with Crippen molar-refractivity contribution < 1.29 is 14.1 Å². The number of likely N-dealkylation sites (tertiary alicyclic amines) is 1. The average Bonchev–Trinajstić information content (AvgIpc) is 3.34. The first kappa shape index (κ1) is 19.0. The second kappa shape index (κ2) is 9.27. The lowest BCUT2D eigenvalue weighted by Crippen LogP contribution is -2.40. The third kappa shape index (κ3) is 5.37. The number of nitrogens with one attached hydrogen (secondary N) is 2. The summed E-state index contributed by atoms with van der Waals surface area (Å²) >= 11 is 0. The SMILES string of the molecule is CCN1CCC[C@H]1CNC(=O)c1nc(CC(=O)NCc2ccccc2)no1. The highest BCUT2D eigenvalue weighted by Crippen LogP contribution is 2.15. The lowest BCUT2D eigenvalue weighted by molar-refractivity contribution is -0.120. The summed E-state index contributed by atoms with van der Waals surface area (Å²) in [5.41, 5.74) is 1.01. The van der Waals surface area contributed by atoms with Crippen molar-refractivity contribution in [2.24, 2.45) is 0 Å². The summed E-state index contributed by atoms with van der Waals surface area (Å²) in [4.78, 5) is 30.5. The molecule has 2 aromatic rings. The monoisotopic (exact) mass is 371 g/mol.